The van der Waals surface area contributed by atoms with Gasteiger partial charge in [-0.15, -0.1) is 11.3 Å². The molecule has 1 aliphatic rings. The summed E-state index contributed by atoms with van der Waals surface area (Å²) in [7, 11) is 0. The molecule has 27 heavy (non-hydrogen) atoms. The van der Waals surface area contributed by atoms with Crippen molar-refractivity contribution < 1.29 is 19.1 Å². The van der Waals surface area contributed by atoms with Crippen molar-refractivity contribution in [3.8, 4) is 0 Å². The van der Waals surface area contributed by atoms with Gasteiger partial charge in [-0.3, -0.25) is 9.59 Å². The molecule has 1 aromatic heterocycles. The number of ether oxygens (including phenoxy) is 1. The van der Waals surface area contributed by atoms with E-state index in [0.29, 0.717) is 36.6 Å². The summed E-state index contributed by atoms with van der Waals surface area (Å²) in [6.07, 6.45) is 0. The molecule has 6 nitrogen and oxygen atoms in total. The molecular weight excluding hydrogens is 364 g/mol. The Kier molecular flexibility index (Phi) is 5.91. The second kappa shape index (κ2) is 8.35. The predicted molar refractivity (Wildman–Crippen MR) is 103 cm³/mol. The largest absolute Gasteiger partial charge is 0.452 e. The standard InChI is InChI=1S/C20H22N2O4S/c1-14-10-15(2)12-16(11-14)20(25)26-13-18(23)21-5-7-22(8-6-21)19(24)17-4-3-9-27-17/h3-4,9-12H,5-8,13H2,1-2H3. The second-order valence-corrected chi connectivity index (χ2v) is 7.55. The summed E-state index contributed by atoms with van der Waals surface area (Å²) in [4.78, 5) is 40.9. The summed E-state index contributed by atoms with van der Waals surface area (Å²) in [5.74, 6) is -0.740. The Bertz CT molecular complexity index is 819. The number of hydrogen-bond donors (Lipinski definition) is 0. The molecule has 1 aromatic carbocycles. The minimum absolute atomic E-state index is 0.00153. The number of amides is 2. The van der Waals surface area contributed by atoms with Crippen LogP contribution in [0.25, 0.3) is 0 Å². The van der Waals surface area contributed by atoms with E-state index in [0.717, 1.165) is 11.1 Å². The highest BCUT2D eigenvalue weighted by molar-refractivity contribution is 7.12. The number of carbonyl (C=O) groups is 3. The van der Waals surface area contributed by atoms with Gasteiger partial charge in [0.2, 0.25) is 0 Å². The van der Waals surface area contributed by atoms with Crippen molar-refractivity contribution in [1.29, 1.82) is 0 Å². The number of aryl methyl sites for hydroxylation is 2. The van der Waals surface area contributed by atoms with Gasteiger partial charge in [0.1, 0.15) is 0 Å². The molecule has 1 aliphatic heterocycles. The summed E-state index contributed by atoms with van der Waals surface area (Å²) in [6, 6.07) is 9.11. The first kappa shape index (κ1) is 19.1. The SMILES string of the molecule is Cc1cc(C)cc(C(=O)OCC(=O)N2CCN(C(=O)c3cccs3)CC2)c1. The zero-order valence-electron chi connectivity index (χ0n) is 15.4. The fourth-order valence-electron chi connectivity index (χ4n) is 3.11. The van der Waals surface area contributed by atoms with E-state index < -0.39 is 5.97 Å². The molecule has 7 heteroatoms. The molecule has 2 aromatic rings. The Hall–Kier alpha value is -2.67. The smallest absolute Gasteiger partial charge is 0.338 e. The summed E-state index contributed by atoms with van der Waals surface area (Å²) in [5, 5.41) is 1.87. The molecule has 0 N–H and O–H groups in total. The van der Waals surface area contributed by atoms with Crippen molar-refractivity contribution in [2.45, 2.75) is 13.8 Å². The first-order valence-corrected chi connectivity index (χ1v) is 9.68. The van der Waals surface area contributed by atoms with Crippen LogP contribution in [0.2, 0.25) is 0 Å². The van der Waals surface area contributed by atoms with Crippen molar-refractivity contribution in [3.05, 3.63) is 57.3 Å². The van der Waals surface area contributed by atoms with Gasteiger partial charge in [-0.2, -0.15) is 0 Å². The number of esters is 1. The molecule has 0 radical (unpaired) electrons. The third-order valence-corrected chi connectivity index (χ3v) is 5.29. The van der Waals surface area contributed by atoms with E-state index in [-0.39, 0.29) is 18.4 Å². The van der Waals surface area contributed by atoms with Crippen LogP contribution in [0.5, 0.6) is 0 Å². The predicted octanol–water partition coefficient (Wildman–Crippen LogP) is 2.51. The molecule has 0 aliphatic carbocycles. The average Bonchev–Trinajstić information content (AvgIpc) is 3.19. The summed E-state index contributed by atoms with van der Waals surface area (Å²) in [6.45, 7) is 5.37. The van der Waals surface area contributed by atoms with Crippen molar-refractivity contribution in [1.82, 2.24) is 9.80 Å². The van der Waals surface area contributed by atoms with Crippen molar-refractivity contribution in [2.75, 3.05) is 32.8 Å². The number of hydrogen-bond acceptors (Lipinski definition) is 5. The lowest BCUT2D eigenvalue weighted by molar-refractivity contribution is -0.136. The lowest BCUT2D eigenvalue weighted by Gasteiger charge is -2.34. The molecule has 1 saturated heterocycles. The zero-order chi connectivity index (χ0) is 19.4. The zero-order valence-corrected chi connectivity index (χ0v) is 16.3. The summed E-state index contributed by atoms with van der Waals surface area (Å²) < 4.78 is 5.18. The molecule has 0 bridgehead atoms. The van der Waals surface area contributed by atoms with Crippen molar-refractivity contribution in [3.63, 3.8) is 0 Å². The molecule has 2 amide bonds. The van der Waals surface area contributed by atoms with E-state index in [2.05, 4.69) is 0 Å². The van der Waals surface area contributed by atoms with Crippen LogP contribution in [-0.2, 0) is 9.53 Å². The van der Waals surface area contributed by atoms with Gasteiger partial charge in [-0.25, -0.2) is 4.79 Å². The normalized spacial score (nSPS) is 14.1. The topological polar surface area (TPSA) is 66.9 Å². The van der Waals surface area contributed by atoms with Gasteiger partial charge in [-0.1, -0.05) is 23.3 Å². The lowest BCUT2D eigenvalue weighted by atomic mass is 10.1. The maximum atomic E-state index is 12.3. The van der Waals surface area contributed by atoms with E-state index in [1.807, 2.05) is 31.4 Å². The number of thiophene rings is 1. The fourth-order valence-corrected chi connectivity index (χ4v) is 3.80. The van der Waals surface area contributed by atoms with Crippen molar-refractivity contribution in [2.24, 2.45) is 0 Å². The highest BCUT2D eigenvalue weighted by Crippen LogP contribution is 2.14. The number of nitrogens with zero attached hydrogens (tertiary/aromatic N) is 2. The fraction of sp³-hybridized carbons (Fsp3) is 0.350. The van der Waals surface area contributed by atoms with Crippen LogP contribution in [0, 0.1) is 13.8 Å². The molecule has 0 saturated carbocycles. The molecule has 0 spiro atoms. The van der Waals surface area contributed by atoms with E-state index in [9.17, 15) is 14.4 Å². The van der Waals surface area contributed by atoms with Crippen LogP contribution in [0.1, 0.15) is 31.2 Å². The van der Waals surface area contributed by atoms with Crippen molar-refractivity contribution >= 4 is 29.1 Å². The third kappa shape index (κ3) is 4.74. The molecule has 0 unspecified atom stereocenters. The van der Waals surface area contributed by atoms with Gasteiger partial charge >= 0.3 is 5.97 Å². The maximum Gasteiger partial charge on any atom is 0.338 e. The summed E-state index contributed by atoms with van der Waals surface area (Å²) >= 11 is 1.41. The first-order valence-electron chi connectivity index (χ1n) is 8.80. The Morgan fingerprint density at radius 2 is 1.63 bits per heavy atom. The van der Waals surface area contributed by atoms with Crippen LogP contribution in [0.4, 0.5) is 0 Å². The Labute approximate surface area is 162 Å². The van der Waals surface area contributed by atoms with E-state index >= 15 is 0 Å². The maximum absolute atomic E-state index is 12.3. The van der Waals surface area contributed by atoms with E-state index in [1.54, 1.807) is 28.0 Å². The van der Waals surface area contributed by atoms with Crippen LogP contribution in [0.15, 0.2) is 35.7 Å². The molecule has 2 heterocycles. The monoisotopic (exact) mass is 386 g/mol. The molecule has 142 valence electrons. The van der Waals surface area contributed by atoms with Gasteiger partial charge < -0.3 is 14.5 Å². The third-order valence-electron chi connectivity index (χ3n) is 4.44. The Morgan fingerprint density at radius 3 is 2.22 bits per heavy atom. The van der Waals surface area contributed by atoms with Gasteiger partial charge in [0.25, 0.3) is 11.8 Å². The van der Waals surface area contributed by atoms with Crippen LogP contribution in [-0.4, -0.2) is 60.4 Å². The van der Waals surface area contributed by atoms with Crippen LogP contribution in [0.3, 0.4) is 0 Å². The van der Waals surface area contributed by atoms with E-state index in [1.165, 1.54) is 11.3 Å². The Morgan fingerprint density at radius 1 is 1.00 bits per heavy atom. The molecule has 1 fully saturated rings. The first-order chi connectivity index (χ1) is 12.9. The average molecular weight is 386 g/mol. The quantitative estimate of drug-likeness (QED) is 0.758. The summed E-state index contributed by atoms with van der Waals surface area (Å²) in [5.41, 5.74) is 2.39. The van der Waals surface area contributed by atoms with Crippen LogP contribution >= 0.6 is 11.3 Å². The minimum Gasteiger partial charge on any atom is -0.452 e. The minimum atomic E-state index is -0.498. The molecule has 3 rings (SSSR count). The molecular formula is C20H22N2O4S. The van der Waals surface area contributed by atoms with Gasteiger partial charge in [-0.05, 0) is 37.4 Å². The number of carbonyl (C=O) groups excluding carboxylic acids is 3. The molecule has 0 atom stereocenters. The number of piperazine rings is 1. The van der Waals surface area contributed by atoms with Crippen LogP contribution < -0.4 is 0 Å². The number of benzene rings is 1. The Balaban J connectivity index is 1.48. The highest BCUT2D eigenvalue weighted by atomic mass is 32.1. The van der Waals surface area contributed by atoms with Gasteiger partial charge in [0, 0.05) is 26.2 Å². The van der Waals surface area contributed by atoms with Gasteiger partial charge in [0.05, 0.1) is 10.4 Å². The van der Waals surface area contributed by atoms with Gasteiger partial charge in [0.15, 0.2) is 6.61 Å². The lowest BCUT2D eigenvalue weighted by Crippen LogP contribution is -2.51. The highest BCUT2D eigenvalue weighted by Gasteiger charge is 2.25. The van der Waals surface area contributed by atoms with E-state index in [4.69, 9.17) is 4.74 Å². The number of rotatable bonds is 4. The second-order valence-electron chi connectivity index (χ2n) is 6.60.